The third kappa shape index (κ3) is 3.46. The highest BCUT2D eigenvalue weighted by atomic mass is 16.2. The summed E-state index contributed by atoms with van der Waals surface area (Å²) >= 11 is 0. The van der Waals surface area contributed by atoms with Crippen molar-refractivity contribution >= 4 is 17.5 Å². The number of anilines is 1. The summed E-state index contributed by atoms with van der Waals surface area (Å²) in [6, 6.07) is 8.11. The molecule has 2 amide bonds. The van der Waals surface area contributed by atoms with Crippen LogP contribution in [0, 0.1) is 0 Å². The maximum absolute atomic E-state index is 12.7. The van der Waals surface area contributed by atoms with Crippen molar-refractivity contribution in [3.63, 3.8) is 0 Å². The van der Waals surface area contributed by atoms with E-state index in [0.29, 0.717) is 19.4 Å². The molecule has 2 aliphatic heterocycles. The van der Waals surface area contributed by atoms with Gasteiger partial charge in [0.05, 0.1) is 0 Å². The number of carbonyl (C=O) groups is 2. The van der Waals surface area contributed by atoms with E-state index >= 15 is 0 Å². The van der Waals surface area contributed by atoms with Gasteiger partial charge in [0.25, 0.3) is 0 Å². The Hall–Kier alpha value is -1.88. The topological polar surface area (TPSA) is 66.6 Å². The van der Waals surface area contributed by atoms with Crippen molar-refractivity contribution in [2.24, 2.45) is 5.73 Å². The second kappa shape index (κ2) is 7.34. The van der Waals surface area contributed by atoms with E-state index in [1.54, 1.807) is 4.90 Å². The van der Waals surface area contributed by atoms with E-state index in [9.17, 15) is 9.59 Å². The average molecular weight is 329 g/mol. The second-order valence-corrected chi connectivity index (χ2v) is 6.93. The Morgan fingerprint density at radius 1 is 1.29 bits per heavy atom. The average Bonchev–Trinajstić information content (AvgIpc) is 2.60. The summed E-state index contributed by atoms with van der Waals surface area (Å²) in [6.07, 6.45) is 4.84. The monoisotopic (exact) mass is 329 g/mol. The standard InChI is InChI=1S/C19H27N3O2/c1-14(20)16-7-4-5-12-21(16)19(24)11-13-22-17-8-3-2-6-15(17)9-10-18(22)23/h2-3,6,8,14,16H,4-5,7,9-13,20H2,1H3. The van der Waals surface area contributed by atoms with Gasteiger partial charge in [0, 0.05) is 43.7 Å². The van der Waals surface area contributed by atoms with E-state index < -0.39 is 0 Å². The van der Waals surface area contributed by atoms with Gasteiger partial charge >= 0.3 is 0 Å². The van der Waals surface area contributed by atoms with E-state index in [1.807, 2.05) is 30.0 Å². The van der Waals surface area contributed by atoms with Gasteiger partial charge in [-0.25, -0.2) is 0 Å². The van der Waals surface area contributed by atoms with Crippen LogP contribution < -0.4 is 10.6 Å². The summed E-state index contributed by atoms with van der Waals surface area (Å²) in [4.78, 5) is 28.7. The molecule has 2 N–H and O–H groups in total. The minimum Gasteiger partial charge on any atom is -0.338 e. The zero-order valence-corrected chi connectivity index (χ0v) is 14.4. The summed E-state index contributed by atoms with van der Waals surface area (Å²) in [7, 11) is 0. The van der Waals surface area contributed by atoms with Crippen LogP contribution in [0.4, 0.5) is 5.69 Å². The molecule has 5 heteroatoms. The molecule has 130 valence electrons. The number of nitrogens with two attached hydrogens (primary N) is 1. The van der Waals surface area contributed by atoms with Gasteiger partial charge in [0.2, 0.25) is 11.8 Å². The van der Waals surface area contributed by atoms with Gasteiger partial charge in [-0.3, -0.25) is 9.59 Å². The third-order valence-electron chi connectivity index (χ3n) is 5.22. The molecule has 0 aromatic heterocycles. The smallest absolute Gasteiger partial charge is 0.227 e. The van der Waals surface area contributed by atoms with Crippen molar-refractivity contribution in [1.82, 2.24) is 4.90 Å². The van der Waals surface area contributed by atoms with Crippen LogP contribution in [0.15, 0.2) is 24.3 Å². The quantitative estimate of drug-likeness (QED) is 0.920. The lowest BCUT2D eigenvalue weighted by Crippen LogP contribution is -2.52. The van der Waals surface area contributed by atoms with E-state index in [2.05, 4.69) is 6.07 Å². The van der Waals surface area contributed by atoms with Crippen LogP contribution >= 0.6 is 0 Å². The normalized spacial score (nSPS) is 22.2. The van der Waals surface area contributed by atoms with E-state index in [1.165, 1.54) is 5.56 Å². The molecule has 1 aromatic rings. The van der Waals surface area contributed by atoms with E-state index in [4.69, 9.17) is 5.73 Å². The van der Waals surface area contributed by atoms with Crippen LogP contribution in [0.5, 0.6) is 0 Å². The Kier molecular flexibility index (Phi) is 5.19. The first-order chi connectivity index (χ1) is 11.6. The highest BCUT2D eigenvalue weighted by molar-refractivity contribution is 5.97. The fourth-order valence-corrected chi connectivity index (χ4v) is 3.91. The lowest BCUT2D eigenvalue weighted by molar-refractivity contribution is -0.135. The Morgan fingerprint density at radius 2 is 2.08 bits per heavy atom. The van der Waals surface area contributed by atoms with Crippen LogP contribution in [0.3, 0.4) is 0 Å². The molecular weight excluding hydrogens is 302 g/mol. The number of para-hydroxylation sites is 1. The van der Waals surface area contributed by atoms with Crippen LogP contribution in [-0.2, 0) is 16.0 Å². The largest absolute Gasteiger partial charge is 0.338 e. The summed E-state index contributed by atoms with van der Waals surface area (Å²) < 4.78 is 0. The van der Waals surface area contributed by atoms with Crippen LogP contribution in [0.1, 0.15) is 44.6 Å². The predicted molar refractivity (Wildman–Crippen MR) is 94.7 cm³/mol. The molecule has 1 aromatic carbocycles. The van der Waals surface area contributed by atoms with Crippen molar-refractivity contribution < 1.29 is 9.59 Å². The number of benzene rings is 1. The molecule has 2 atom stereocenters. The predicted octanol–water partition coefficient (Wildman–Crippen LogP) is 2.08. The lowest BCUT2D eigenvalue weighted by Gasteiger charge is -2.38. The van der Waals surface area contributed by atoms with Gasteiger partial charge in [-0.1, -0.05) is 18.2 Å². The lowest BCUT2D eigenvalue weighted by atomic mass is 9.96. The Labute approximate surface area is 143 Å². The number of likely N-dealkylation sites (tertiary alicyclic amines) is 1. The molecule has 0 bridgehead atoms. The minimum absolute atomic E-state index is 0.00778. The van der Waals surface area contributed by atoms with Crippen molar-refractivity contribution in [2.75, 3.05) is 18.0 Å². The molecule has 3 rings (SSSR count). The first-order valence-electron chi connectivity index (χ1n) is 9.01. The van der Waals surface area contributed by atoms with Crippen LogP contribution in [0.2, 0.25) is 0 Å². The zero-order chi connectivity index (χ0) is 17.1. The number of fused-ring (bicyclic) bond motifs is 1. The zero-order valence-electron chi connectivity index (χ0n) is 14.4. The molecule has 0 saturated carbocycles. The van der Waals surface area contributed by atoms with Gasteiger partial charge in [-0.2, -0.15) is 0 Å². The second-order valence-electron chi connectivity index (χ2n) is 6.93. The van der Waals surface area contributed by atoms with Gasteiger partial charge in [0.1, 0.15) is 0 Å². The fraction of sp³-hybridized carbons (Fsp3) is 0.579. The Bertz CT molecular complexity index is 614. The molecule has 1 fully saturated rings. The van der Waals surface area contributed by atoms with Crippen molar-refractivity contribution in [1.29, 1.82) is 0 Å². The SMILES string of the molecule is CC(N)C1CCCCN1C(=O)CCN1C(=O)CCc2ccccc21. The van der Waals surface area contributed by atoms with Crippen LogP contribution in [-0.4, -0.2) is 41.9 Å². The highest BCUT2D eigenvalue weighted by Crippen LogP contribution is 2.28. The third-order valence-corrected chi connectivity index (χ3v) is 5.22. The maximum atomic E-state index is 12.7. The number of hydrogen-bond donors (Lipinski definition) is 1. The highest BCUT2D eigenvalue weighted by Gasteiger charge is 2.30. The van der Waals surface area contributed by atoms with Gasteiger partial charge in [0.15, 0.2) is 0 Å². The molecule has 2 unspecified atom stereocenters. The van der Waals surface area contributed by atoms with Gasteiger partial charge in [-0.15, -0.1) is 0 Å². The molecule has 2 heterocycles. The van der Waals surface area contributed by atoms with Gasteiger partial charge in [-0.05, 0) is 44.2 Å². The molecular formula is C19H27N3O2. The Morgan fingerprint density at radius 3 is 2.88 bits per heavy atom. The van der Waals surface area contributed by atoms with Crippen molar-refractivity contribution in [3.05, 3.63) is 29.8 Å². The molecule has 0 radical (unpaired) electrons. The van der Waals surface area contributed by atoms with Gasteiger partial charge < -0.3 is 15.5 Å². The summed E-state index contributed by atoms with van der Waals surface area (Å²) in [5.41, 5.74) is 8.21. The fourth-order valence-electron chi connectivity index (χ4n) is 3.91. The molecule has 2 aliphatic rings. The minimum atomic E-state index is -0.00778. The molecule has 0 spiro atoms. The molecule has 1 saturated heterocycles. The summed E-state index contributed by atoms with van der Waals surface area (Å²) in [5.74, 6) is 0.233. The van der Waals surface area contributed by atoms with E-state index in [0.717, 1.165) is 37.9 Å². The van der Waals surface area contributed by atoms with Crippen LogP contribution in [0.25, 0.3) is 0 Å². The summed E-state index contributed by atoms with van der Waals surface area (Å²) in [6.45, 7) is 3.22. The first-order valence-corrected chi connectivity index (χ1v) is 9.01. The molecule has 0 aliphatic carbocycles. The van der Waals surface area contributed by atoms with E-state index in [-0.39, 0.29) is 23.9 Å². The molecule has 5 nitrogen and oxygen atoms in total. The number of amides is 2. The first kappa shape index (κ1) is 17.0. The summed E-state index contributed by atoms with van der Waals surface area (Å²) in [5, 5.41) is 0. The number of hydrogen-bond acceptors (Lipinski definition) is 3. The van der Waals surface area contributed by atoms with Crippen molar-refractivity contribution in [2.45, 2.75) is 57.5 Å². The molecule has 24 heavy (non-hydrogen) atoms. The number of nitrogens with zero attached hydrogens (tertiary/aromatic N) is 2. The number of aryl methyl sites for hydroxylation is 1. The Balaban J connectivity index is 1.66. The number of rotatable bonds is 4. The van der Waals surface area contributed by atoms with Crippen molar-refractivity contribution in [3.8, 4) is 0 Å². The number of carbonyl (C=O) groups excluding carboxylic acids is 2. The number of piperidine rings is 1. The maximum Gasteiger partial charge on any atom is 0.227 e.